The van der Waals surface area contributed by atoms with Crippen LogP contribution in [0.25, 0.3) is 0 Å². The maximum absolute atomic E-state index is 13.0. The average molecular weight is 468 g/mol. The molecule has 31 heavy (non-hydrogen) atoms. The van der Waals surface area contributed by atoms with Crippen LogP contribution in [0.4, 0.5) is 5.69 Å². The molecule has 0 N–H and O–H groups in total. The number of rotatable bonds is 7. The van der Waals surface area contributed by atoms with E-state index in [0.29, 0.717) is 5.92 Å². The van der Waals surface area contributed by atoms with E-state index in [1.807, 2.05) is 0 Å². The fourth-order valence-corrected chi connectivity index (χ4v) is 6.54. The van der Waals surface area contributed by atoms with Gasteiger partial charge in [0.15, 0.2) is 4.90 Å². The summed E-state index contributed by atoms with van der Waals surface area (Å²) in [6.07, 6.45) is 0.850. The summed E-state index contributed by atoms with van der Waals surface area (Å²) in [6.45, 7) is 3.94. The number of hydrogen-bond acceptors (Lipinski definition) is 6. The second-order valence-corrected chi connectivity index (χ2v) is 11.6. The van der Waals surface area contributed by atoms with Crippen molar-refractivity contribution < 1.29 is 21.8 Å². The molecule has 1 fully saturated rings. The molecule has 0 spiro atoms. The summed E-state index contributed by atoms with van der Waals surface area (Å²) in [5, 5.41) is 11.2. The summed E-state index contributed by atoms with van der Waals surface area (Å²) < 4.78 is 54.1. The molecule has 0 aromatic heterocycles. The second-order valence-electron chi connectivity index (χ2n) is 7.77. The van der Waals surface area contributed by atoms with Crippen LogP contribution in [-0.4, -0.2) is 56.5 Å². The van der Waals surface area contributed by atoms with Gasteiger partial charge >= 0.3 is 0 Å². The predicted octanol–water partition coefficient (Wildman–Crippen LogP) is 2.49. The minimum atomic E-state index is -4.12. The Labute approximate surface area is 182 Å². The zero-order valence-corrected chi connectivity index (χ0v) is 19.0. The molecule has 168 valence electrons. The second kappa shape index (κ2) is 9.03. The minimum Gasteiger partial charge on any atom is -0.258 e. The van der Waals surface area contributed by atoms with Gasteiger partial charge in [-0.2, -0.15) is 8.61 Å². The molecular weight excluding hydrogens is 442 g/mol. The monoisotopic (exact) mass is 467 g/mol. The third-order valence-corrected chi connectivity index (χ3v) is 8.94. The Morgan fingerprint density at radius 2 is 1.39 bits per heavy atom. The van der Waals surface area contributed by atoms with Gasteiger partial charge in [-0.25, -0.2) is 16.8 Å². The van der Waals surface area contributed by atoms with Gasteiger partial charge in [-0.15, -0.1) is 0 Å². The van der Waals surface area contributed by atoms with Crippen molar-refractivity contribution >= 4 is 25.7 Å². The van der Waals surface area contributed by atoms with Gasteiger partial charge in [-0.1, -0.05) is 38.1 Å². The lowest BCUT2D eigenvalue weighted by molar-refractivity contribution is -0.387. The van der Waals surface area contributed by atoms with Gasteiger partial charge in [-0.3, -0.25) is 10.1 Å². The Morgan fingerprint density at radius 1 is 0.871 bits per heavy atom. The van der Waals surface area contributed by atoms with Crippen LogP contribution < -0.4 is 0 Å². The van der Waals surface area contributed by atoms with Crippen LogP contribution in [0.2, 0.25) is 0 Å². The van der Waals surface area contributed by atoms with Gasteiger partial charge in [0.05, 0.1) is 9.82 Å². The quantitative estimate of drug-likeness (QED) is 0.456. The van der Waals surface area contributed by atoms with E-state index in [2.05, 4.69) is 13.8 Å². The zero-order chi connectivity index (χ0) is 22.8. The summed E-state index contributed by atoms with van der Waals surface area (Å²) in [5.74, 6) is 0.456. The van der Waals surface area contributed by atoms with Crippen LogP contribution in [0.15, 0.2) is 58.3 Å². The SMILES string of the molecule is CC(C)Cc1ccc(S(=O)(=O)N2CCN(S(=O)(=O)c3ccccc3[N+](=O)[O-])CC2)cc1. The smallest absolute Gasteiger partial charge is 0.258 e. The van der Waals surface area contributed by atoms with E-state index in [4.69, 9.17) is 0 Å². The standard InChI is InChI=1S/C20H25N3O6S2/c1-16(2)15-17-7-9-18(10-8-17)30(26,27)21-11-13-22(14-12-21)31(28,29)20-6-4-3-5-19(20)23(24)25/h3-10,16H,11-15H2,1-2H3. The Kier molecular flexibility index (Phi) is 6.79. The molecule has 0 radical (unpaired) electrons. The molecule has 11 heteroatoms. The molecule has 3 rings (SSSR count). The van der Waals surface area contributed by atoms with Crippen LogP contribution in [0, 0.1) is 16.0 Å². The van der Waals surface area contributed by atoms with Gasteiger partial charge in [0.2, 0.25) is 20.0 Å². The predicted molar refractivity (Wildman–Crippen MR) is 116 cm³/mol. The lowest BCUT2D eigenvalue weighted by atomic mass is 10.0. The Balaban J connectivity index is 1.75. The van der Waals surface area contributed by atoms with E-state index < -0.39 is 35.6 Å². The van der Waals surface area contributed by atoms with Gasteiger partial charge in [0.1, 0.15) is 0 Å². The highest BCUT2D eigenvalue weighted by Crippen LogP contribution is 2.28. The van der Waals surface area contributed by atoms with Crippen molar-refractivity contribution in [1.29, 1.82) is 0 Å². The van der Waals surface area contributed by atoms with Crippen molar-refractivity contribution in [3.63, 3.8) is 0 Å². The fraction of sp³-hybridized carbons (Fsp3) is 0.400. The lowest BCUT2D eigenvalue weighted by Crippen LogP contribution is -2.50. The normalized spacial score (nSPS) is 16.5. The van der Waals surface area contributed by atoms with E-state index in [1.165, 1.54) is 22.5 Å². The van der Waals surface area contributed by atoms with E-state index in [9.17, 15) is 26.9 Å². The highest BCUT2D eigenvalue weighted by molar-refractivity contribution is 7.89. The van der Waals surface area contributed by atoms with Crippen LogP contribution >= 0.6 is 0 Å². The number of sulfonamides is 2. The molecule has 0 saturated carbocycles. The number of nitro groups is 1. The molecule has 0 aliphatic carbocycles. The van der Waals surface area contributed by atoms with Crippen molar-refractivity contribution in [2.75, 3.05) is 26.2 Å². The van der Waals surface area contributed by atoms with Gasteiger partial charge in [0.25, 0.3) is 5.69 Å². The third-order valence-electron chi connectivity index (χ3n) is 5.08. The molecule has 2 aromatic carbocycles. The van der Waals surface area contributed by atoms with Crippen molar-refractivity contribution in [2.45, 2.75) is 30.1 Å². The topological polar surface area (TPSA) is 118 Å². The van der Waals surface area contributed by atoms with Gasteiger partial charge < -0.3 is 0 Å². The molecule has 0 atom stereocenters. The molecule has 0 amide bonds. The van der Waals surface area contributed by atoms with Crippen LogP contribution in [0.5, 0.6) is 0 Å². The Morgan fingerprint density at radius 3 is 1.90 bits per heavy atom. The van der Waals surface area contributed by atoms with Gasteiger partial charge in [0, 0.05) is 32.2 Å². The first-order valence-corrected chi connectivity index (χ1v) is 12.7. The fourth-order valence-electron chi connectivity index (χ4n) is 3.53. The van der Waals surface area contributed by atoms with E-state index in [-0.39, 0.29) is 31.1 Å². The summed E-state index contributed by atoms with van der Waals surface area (Å²) in [4.78, 5) is 10.2. The van der Waals surface area contributed by atoms with Crippen LogP contribution in [-0.2, 0) is 26.5 Å². The van der Waals surface area contributed by atoms with Crippen molar-refractivity contribution in [3.05, 3.63) is 64.2 Å². The average Bonchev–Trinajstić information content (AvgIpc) is 2.73. The first-order chi connectivity index (χ1) is 14.5. The molecule has 2 aromatic rings. The number of benzene rings is 2. The molecule has 1 saturated heterocycles. The van der Waals surface area contributed by atoms with Crippen molar-refractivity contribution in [1.82, 2.24) is 8.61 Å². The number of nitrogens with zero attached hydrogens (tertiary/aromatic N) is 3. The number of hydrogen-bond donors (Lipinski definition) is 0. The van der Waals surface area contributed by atoms with E-state index >= 15 is 0 Å². The van der Waals surface area contributed by atoms with Gasteiger partial charge in [-0.05, 0) is 36.1 Å². The Hall–Kier alpha value is -2.34. The zero-order valence-electron chi connectivity index (χ0n) is 17.3. The molecule has 1 heterocycles. The van der Waals surface area contributed by atoms with E-state index in [1.54, 1.807) is 24.3 Å². The maximum Gasteiger partial charge on any atom is 0.289 e. The largest absolute Gasteiger partial charge is 0.289 e. The van der Waals surface area contributed by atoms with Crippen molar-refractivity contribution in [2.24, 2.45) is 5.92 Å². The first kappa shape index (κ1) is 23.3. The molecular formula is C20H25N3O6S2. The first-order valence-electron chi connectivity index (χ1n) is 9.86. The maximum atomic E-state index is 13.0. The number of nitro benzene ring substituents is 1. The van der Waals surface area contributed by atoms with E-state index in [0.717, 1.165) is 22.4 Å². The number of para-hydroxylation sites is 1. The molecule has 0 unspecified atom stereocenters. The van der Waals surface area contributed by atoms with Crippen LogP contribution in [0.3, 0.4) is 0 Å². The summed E-state index contributed by atoms with van der Waals surface area (Å²) in [6, 6.07) is 11.9. The summed E-state index contributed by atoms with van der Waals surface area (Å²) in [5.41, 5.74) is 0.549. The highest BCUT2D eigenvalue weighted by Gasteiger charge is 2.36. The molecule has 9 nitrogen and oxygen atoms in total. The number of piperazine rings is 1. The molecule has 1 aliphatic rings. The third kappa shape index (κ3) is 4.95. The minimum absolute atomic E-state index is 0.0318. The highest BCUT2D eigenvalue weighted by atomic mass is 32.2. The lowest BCUT2D eigenvalue weighted by Gasteiger charge is -2.33. The van der Waals surface area contributed by atoms with Crippen LogP contribution in [0.1, 0.15) is 19.4 Å². The summed E-state index contributed by atoms with van der Waals surface area (Å²) >= 11 is 0. The summed E-state index contributed by atoms with van der Waals surface area (Å²) in [7, 11) is -7.88. The van der Waals surface area contributed by atoms with Crippen molar-refractivity contribution in [3.8, 4) is 0 Å². The molecule has 0 bridgehead atoms. The molecule has 1 aliphatic heterocycles. The Bertz CT molecular complexity index is 1150.